The van der Waals surface area contributed by atoms with Crippen LogP contribution in [-0.4, -0.2) is 20.1 Å². The van der Waals surface area contributed by atoms with Gasteiger partial charge in [-0.05, 0) is 26.9 Å². The highest BCUT2D eigenvalue weighted by molar-refractivity contribution is 4.98. The number of hydrogen-bond donors (Lipinski definition) is 3. The van der Waals surface area contributed by atoms with Gasteiger partial charge >= 0.3 is 0 Å². The van der Waals surface area contributed by atoms with Gasteiger partial charge in [0.05, 0.1) is 0 Å². The molecule has 0 aliphatic rings. The summed E-state index contributed by atoms with van der Waals surface area (Å²) in [5, 5.41) is 3.08. The summed E-state index contributed by atoms with van der Waals surface area (Å²) in [5.41, 5.74) is 3.95. The zero-order chi connectivity index (χ0) is 7.82. The molecule has 4 N–H and O–H groups in total. The minimum Gasteiger partial charge on any atom is -0.319 e. The molecular formula is C7H17N3. The quantitative estimate of drug-likeness (QED) is 0.288. The highest BCUT2D eigenvalue weighted by atomic mass is 15.2. The van der Waals surface area contributed by atoms with Crippen LogP contribution in [0.2, 0.25) is 0 Å². The molecule has 10 heavy (non-hydrogen) atoms. The first kappa shape index (κ1) is 9.62. The topological polar surface area (TPSA) is 50.1 Å². The first-order valence-electron chi connectivity index (χ1n) is 3.55. The number of nitrogens with one attached hydrogen (secondary N) is 2. The van der Waals surface area contributed by atoms with Gasteiger partial charge in [0.2, 0.25) is 0 Å². The summed E-state index contributed by atoms with van der Waals surface area (Å²) in [4.78, 5) is 0. The fourth-order valence-electron chi connectivity index (χ4n) is 0.657. The fourth-order valence-corrected chi connectivity index (χ4v) is 0.657. The summed E-state index contributed by atoms with van der Waals surface area (Å²) >= 11 is 0. The van der Waals surface area contributed by atoms with Gasteiger partial charge in [-0.25, -0.2) is 0 Å². The van der Waals surface area contributed by atoms with E-state index in [2.05, 4.69) is 23.7 Å². The predicted octanol–water partition coefficient (Wildman–Crippen LogP) is 0.00550. The van der Waals surface area contributed by atoms with Gasteiger partial charge in [-0.3, -0.25) is 11.3 Å². The molecular weight excluding hydrogens is 126 g/mol. The first-order valence-corrected chi connectivity index (χ1v) is 3.55. The molecule has 0 aromatic heterocycles. The van der Waals surface area contributed by atoms with Crippen LogP contribution in [0.3, 0.4) is 0 Å². The minimum atomic E-state index is 0.759. The number of hydrazine groups is 1. The molecule has 60 valence electrons. The van der Waals surface area contributed by atoms with E-state index in [4.69, 9.17) is 5.84 Å². The highest BCUT2D eigenvalue weighted by Gasteiger charge is 1.86. The van der Waals surface area contributed by atoms with Crippen molar-refractivity contribution in [1.29, 1.82) is 0 Å². The van der Waals surface area contributed by atoms with Crippen LogP contribution < -0.4 is 16.6 Å². The Morgan fingerprint density at radius 2 is 2.30 bits per heavy atom. The fraction of sp³-hybridized carbons (Fsp3) is 0.714. The van der Waals surface area contributed by atoms with Crippen molar-refractivity contribution in [2.24, 2.45) is 5.84 Å². The molecule has 0 rings (SSSR count). The van der Waals surface area contributed by atoms with Gasteiger partial charge < -0.3 is 5.32 Å². The van der Waals surface area contributed by atoms with E-state index in [1.54, 1.807) is 0 Å². The Labute approximate surface area is 62.6 Å². The zero-order valence-electron chi connectivity index (χ0n) is 6.78. The van der Waals surface area contributed by atoms with Crippen LogP contribution in [0.5, 0.6) is 0 Å². The van der Waals surface area contributed by atoms with Crippen molar-refractivity contribution in [3.63, 3.8) is 0 Å². The van der Waals surface area contributed by atoms with Gasteiger partial charge in [-0.1, -0.05) is 11.6 Å². The molecule has 0 saturated heterocycles. The van der Waals surface area contributed by atoms with Gasteiger partial charge in [0.25, 0.3) is 0 Å². The summed E-state index contributed by atoms with van der Waals surface area (Å²) < 4.78 is 0. The lowest BCUT2D eigenvalue weighted by Gasteiger charge is -1.99. The Bertz CT molecular complexity index is 99.0. The molecule has 3 heteroatoms. The van der Waals surface area contributed by atoms with E-state index in [0.717, 1.165) is 19.5 Å². The second-order valence-electron chi connectivity index (χ2n) is 2.31. The maximum Gasteiger partial charge on any atom is 0.0281 e. The Balaban J connectivity index is 3.30. The number of rotatable bonds is 5. The van der Waals surface area contributed by atoms with Gasteiger partial charge in [-0.2, -0.15) is 0 Å². The van der Waals surface area contributed by atoms with E-state index >= 15 is 0 Å². The third-order valence-electron chi connectivity index (χ3n) is 1.34. The van der Waals surface area contributed by atoms with Crippen molar-refractivity contribution < 1.29 is 0 Å². The van der Waals surface area contributed by atoms with Crippen LogP contribution >= 0.6 is 0 Å². The molecule has 0 heterocycles. The van der Waals surface area contributed by atoms with Crippen molar-refractivity contribution in [2.45, 2.75) is 13.3 Å². The molecule has 0 saturated carbocycles. The summed E-state index contributed by atoms with van der Waals surface area (Å²) in [6.45, 7) is 3.90. The van der Waals surface area contributed by atoms with Crippen molar-refractivity contribution in [3.8, 4) is 0 Å². The summed E-state index contributed by atoms with van der Waals surface area (Å²) in [6.07, 6.45) is 3.19. The second kappa shape index (κ2) is 6.74. The average Bonchev–Trinajstić information content (AvgIpc) is 1.97. The molecule has 0 spiro atoms. The Kier molecular flexibility index (Phi) is 6.48. The first-order chi connectivity index (χ1) is 4.81. The predicted molar refractivity (Wildman–Crippen MR) is 44.5 cm³/mol. The van der Waals surface area contributed by atoms with Crippen LogP contribution in [0.1, 0.15) is 13.3 Å². The Morgan fingerprint density at radius 3 is 2.80 bits per heavy atom. The lowest BCUT2D eigenvalue weighted by molar-refractivity contribution is 0.771. The van der Waals surface area contributed by atoms with Crippen molar-refractivity contribution >= 4 is 0 Å². The normalized spacial score (nSPS) is 12.1. The number of nitrogens with two attached hydrogens (primary N) is 1. The largest absolute Gasteiger partial charge is 0.319 e. The molecule has 0 aliphatic heterocycles. The third kappa shape index (κ3) is 5.75. The third-order valence-corrected chi connectivity index (χ3v) is 1.34. The van der Waals surface area contributed by atoms with Crippen LogP contribution in [0, 0.1) is 0 Å². The molecule has 0 bridgehead atoms. The van der Waals surface area contributed by atoms with Crippen LogP contribution in [0.15, 0.2) is 11.6 Å². The lowest BCUT2D eigenvalue weighted by atomic mass is 10.2. The Morgan fingerprint density at radius 1 is 1.60 bits per heavy atom. The van der Waals surface area contributed by atoms with Gasteiger partial charge in [0.15, 0.2) is 0 Å². The Hall–Kier alpha value is -0.380. The summed E-state index contributed by atoms with van der Waals surface area (Å²) in [5.74, 6) is 5.10. The standard InChI is InChI=1S/C7H17N3/c1-7(3-5-9-2)4-6-10-8/h4,9-10H,3,5-6,8H2,1-2H3/b7-4+. The van der Waals surface area contributed by atoms with Gasteiger partial charge in [-0.15, -0.1) is 0 Å². The van der Waals surface area contributed by atoms with E-state index in [1.807, 2.05) is 7.05 Å². The van der Waals surface area contributed by atoms with Crippen molar-refractivity contribution in [3.05, 3.63) is 11.6 Å². The zero-order valence-corrected chi connectivity index (χ0v) is 6.78. The van der Waals surface area contributed by atoms with Crippen LogP contribution in [0.25, 0.3) is 0 Å². The van der Waals surface area contributed by atoms with Crippen LogP contribution in [-0.2, 0) is 0 Å². The highest BCUT2D eigenvalue weighted by Crippen LogP contribution is 1.95. The molecule has 0 fully saturated rings. The van der Waals surface area contributed by atoms with E-state index in [0.29, 0.717) is 0 Å². The summed E-state index contributed by atoms with van der Waals surface area (Å²) in [6, 6.07) is 0. The molecule has 0 atom stereocenters. The molecule has 0 radical (unpaired) electrons. The average molecular weight is 143 g/mol. The van der Waals surface area contributed by atoms with E-state index < -0.39 is 0 Å². The van der Waals surface area contributed by atoms with Crippen molar-refractivity contribution in [1.82, 2.24) is 10.7 Å². The molecule has 0 unspecified atom stereocenters. The van der Waals surface area contributed by atoms with E-state index in [-0.39, 0.29) is 0 Å². The second-order valence-corrected chi connectivity index (χ2v) is 2.31. The maximum atomic E-state index is 5.10. The molecule has 0 aromatic rings. The lowest BCUT2D eigenvalue weighted by Crippen LogP contribution is -2.21. The van der Waals surface area contributed by atoms with E-state index in [9.17, 15) is 0 Å². The number of hydrogen-bond acceptors (Lipinski definition) is 3. The maximum absolute atomic E-state index is 5.10. The smallest absolute Gasteiger partial charge is 0.0281 e. The minimum absolute atomic E-state index is 0.759. The molecule has 0 amide bonds. The van der Waals surface area contributed by atoms with E-state index in [1.165, 1.54) is 5.57 Å². The molecule has 0 aromatic carbocycles. The van der Waals surface area contributed by atoms with Crippen molar-refractivity contribution in [2.75, 3.05) is 20.1 Å². The van der Waals surface area contributed by atoms with Gasteiger partial charge in [0.1, 0.15) is 0 Å². The SMILES string of the molecule is CNCC/C(C)=C/CNN. The monoisotopic (exact) mass is 143 g/mol. The molecule has 0 aliphatic carbocycles. The van der Waals surface area contributed by atoms with Crippen LogP contribution in [0.4, 0.5) is 0 Å². The molecule has 3 nitrogen and oxygen atoms in total. The van der Waals surface area contributed by atoms with Gasteiger partial charge in [0, 0.05) is 6.54 Å². The summed E-state index contributed by atoms with van der Waals surface area (Å²) in [7, 11) is 1.95.